The molecule has 2 aromatic rings. The molecular weight excluding hydrogens is 302 g/mol. The fourth-order valence-corrected chi connectivity index (χ4v) is 3.48. The summed E-state index contributed by atoms with van der Waals surface area (Å²) in [5.74, 6) is 1.58. The molecule has 0 aliphatic heterocycles. The van der Waals surface area contributed by atoms with E-state index in [1.807, 2.05) is 25.1 Å². The second-order valence-electron chi connectivity index (χ2n) is 4.86. The molecule has 0 saturated carbocycles. The first-order valence-corrected chi connectivity index (χ1v) is 8.39. The predicted octanol–water partition coefficient (Wildman–Crippen LogP) is 5.36. The first-order chi connectivity index (χ1) is 10.2. The van der Waals surface area contributed by atoms with Crippen molar-refractivity contribution in [3.05, 3.63) is 27.8 Å². The Morgan fingerprint density at radius 3 is 2.71 bits per heavy atom. The van der Waals surface area contributed by atoms with Crippen molar-refractivity contribution in [3.63, 3.8) is 0 Å². The van der Waals surface area contributed by atoms with E-state index < -0.39 is 0 Å². The lowest BCUT2D eigenvalue weighted by molar-refractivity contribution is 0.286. The van der Waals surface area contributed by atoms with E-state index in [-0.39, 0.29) is 0 Å². The van der Waals surface area contributed by atoms with Gasteiger partial charge in [-0.15, -0.1) is 11.3 Å². The van der Waals surface area contributed by atoms with Gasteiger partial charge >= 0.3 is 0 Å². The van der Waals surface area contributed by atoms with E-state index in [1.54, 1.807) is 18.4 Å². The van der Waals surface area contributed by atoms with Crippen LogP contribution in [0.1, 0.15) is 31.9 Å². The summed E-state index contributed by atoms with van der Waals surface area (Å²) in [4.78, 5) is 4.28. The normalized spacial score (nSPS) is 10.6. The van der Waals surface area contributed by atoms with Gasteiger partial charge in [0.2, 0.25) is 0 Å². The Morgan fingerprint density at radius 2 is 2.10 bits per heavy atom. The lowest BCUT2D eigenvalue weighted by Crippen LogP contribution is -2.00. The zero-order chi connectivity index (χ0) is 15.2. The van der Waals surface area contributed by atoms with Crippen LogP contribution in [-0.2, 0) is 0 Å². The number of aromatic nitrogens is 1. The van der Waals surface area contributed by atoms with Crippen LogP contribution in [0.15, 0.2) is 18.2 Å². The Balaban J connectivity index is 2.30. The van der Waals surface area contributed by atoms with Gasteiger partial charge in [-0.1, -0.05) is 25.8 Å². The van der Waals surface area contributed by atoms with E-state index in [9.17, 15) is 0 Å². The molecule has 3 nitrogen and oxygen atoms in total. The maximum Gasteiger partial charge on any atom is 0.169 e. The minimum atomic E-state index is 0.718. The molecule has 114 valence electrons. The monoisotopic (exact) mass is 323 g/mol. The van der Waals surface area contributed by atoms with Gasteiger partial charge in [-0.25, -0.2) is 0 Å². The summed E-state index contributed by atoms with van der Waals surface area (Å²) in [5.41, 5.74) is 2.09. The standard InChI is InChI=1S/C16H21NO2S2/c1-4-5-6-10-19-13-9-7-8-12(14(13)18-3)15-11(2)17-16(20)21-15/h7-9H,4-6,10H2,1-3H3,(H,17,20). The van der Waals surface area contributed by atoms with Gasteiger partial charge in [0.05, 0.1) is 18.6 Å². The minimum Gasteiger partial charge on any atom is -0.492 e. The number of thiazole rings is 1. The lowest BCUT2D eigenvalue weighted by Gasteiger charge is -2.14. The highest BCUT2D eigenvalue weighted by Crippen LogP contribution is 2.41. The molecule has 0 aliphatic carbocycles. The summed E-state index contributed by atoms with van der Waals surface area (Å²) in [7, 11) is 1.68. The van der Waals surface area contributed by atoms with Crippen molar-refractivity contribution in [1.29, 1.82) is 0 Å². The van der Waals surface area contributed by atoms with E-state index in [2.05, 4.69) is 11.9 Å². The van der Waals surface area contributed by atoms with Crippen LogP contribution in [0.2, 0.25) is 0 Å². The number of para-hydroxylation sites is 1. The van der Waals surface area contributed by atoms with E-state index in [1.165, 1.54) is 12.8 Å². The maximum absolute atomic E-state index is 5.88. The lowest BCUT2D eigenvalue weighted by atomic mass is 10.1. The van der Waals surface area contributed by atoms with Gasteiger partial charge in [-0.05, 0) is 37.7 Å². The van der Waals surface area contributed by atoms with Crippen LogP contribution in [0.4, 0.5) is 0 Å². The van der Waals surface area contributed by atoms with Crippen LogP contribution < -0.4 is 9.47 Å². The molecule has 1 aromatic carbocycles. The number of H-pyrrole nitrogens is 1. The van der Waals surface area contributed by atoms with E-state index in [0.29, 0.717) is 0 Å². The molecule has 2 rings (SSSR count). The molecule has 0 aliphatic rings. The van der Waals surface area contributed by atoms with E-state index >= 15 is 0 Å². The highest BCUT2D eigenvalue weighted by atomic mass is 32.1. The summed E-state index contributed by atoms with van der Waals surface area (Å²) in [6.07, 6.45) is 3.43. The molecule has 0 unspecified atom stereocenters. The van der Waals surface area contributed by atoms with Crippen LogP contribution in [0.5, 0.6) is 11.5 Å². The van der Waals surface area contributed by atoms with Crippen LogP contribution in [-0.4, -0.2) is 18.7 Å². The summed E-state index contributed by atoms with van der Waals surface area (Å²) in [6, 6.07) is 5.99. The SMILES string of the molecule is CCCCCOc1cccc(-c2sc(=S)[nH]c2C)c1OC. The second kappa shape index (κ2) is 7.61. The zero-order valence-corrected chi connectivity index (χ0v) is 14.3. The van der Waals surface area contributed by atoms with Crippen LogP contribution in [0.3, 0.4) is 0 Å². The van der Waals surface area contributed by atoms with Gasteiger partial charge in [-0.2, -0.15) is 0 Å². The first-order valence-electron chi connectivity index (χ1n) is 7.17. The molecule has 0 fully saturated rings. The van der Waals surface area contributed by atoms with Gasteiger partial charge in [0.15, 0.2) is 15.5 Å². The fourth-order valence-electron chi connectivity index (χ4n) is 2.21. The largest absolute Gasteiger partial charge is 0.492 e. The van der Waals surface area contributed by atoms with Gasteiger partial charge in [-0.3, -0.25) is 0 Å². The van der Waals surface area contributed by atoms with Gasteiger partial charge < -0.3 is 14.5 Å². The summed E-state index contributed by atoms with van der Waals surface area (Å²) >= 11 is 6.78. The number of nitrogens with one attached hydrogen (secondary N) is 1. The van der Waals surface area contributed by atoms with Crippen molar-refractivity contribution in [1.82, 2.24) is 4.98 Å². The number of rotatable bonds is 7. The number of ether oxygens (including phenoxy) is 2. The number of unbranched alkanes of at least 4 members (excludes halogenated alkanes) is 2. The molecule has 0 saturated heterocycles. The average Bonchev–Trinajstić information content (AvgIpc) is 2.82. The molecule has 0 amide bonds. The summed E-state index contributed by atoms with van der Waals surface area (Å²) in [6.45, 7) is 4.93. The van der Waals surface area contributed by atoms with Gasteiger partial charge in [0.25, 0.3) is 0 Å². The minimum absolute atomic E-state index is 0.718. The van der Waals surface area contributed by atoms with Crippen LogP contribution in [0, 0.1) is 10.9 Å². The quantitative estimate of drug-likeness (QED) is 0.550. The van der Waals surface area contributed by atoms with E-state index in [4.69, 9.17) is 21.7 Å². The molecule has 0 atom stereocenters. The maximum atomic E-state index is 5.88. The summed E-state index contributed by atoms with van der Waals surface area (Å²) < 4.78 is 12.2. The number of aromatic amines is 1. The predicted molar refractivity (Wildman–Crippen MR) is 91.2 cm³/mol. The molecule has 21 heavy (non-hydrogen) atoms. The van der Waals surface area contributed by atoms with Crippen molar-refractivity contribution >= 4 is 23.6 Å². The third kappa shape index (κ3) is 3.86. The van der Waals surface area contributed by atoms with Gasteiger partial charge in [0, 0.05) is 11.3 Å². The Labute approximate surface area is 134 Å². The van der Waals surface area contributed by atoms with Crippen LogP contribution >= 0.6 is 23.6 Å². The molecular formula is C16H21NO2S2. The topological polar surface area (TPSA) is 34.2 Å². The highest BCUT2D eigenvalue weighted by molar-refractivity contribution is 7.73. The molecule has 1 aromatic heterocycles. The van der Waals surface area contributed by atoms with Crippen molar-refractivity contribution < 1.29 is 9.47 Å². The van der Waals surface area contributed by atoms with Crippen molar-refractivity contribution in [2.45, 2.75) is 33.1 Å². The molecule has 0 bridgehead atoms. The smallest absolute Gasteiger partial charge is 0.169 e. The molecule has 0 spiro atoms. The Morgan fingerprint density at radius 1 is 1.29 bits per heavy atom. The van der Waals surface area contributed by atoms with Gasteiger partial charge in [0.1, 0.15) is 0 Å². The van der Waals surface area contributed by atoms with E-state index in [0.717, 1.165) is 44.6 Å². The Hall–Kier alpha value is -1.33. The number of aryl methyl sites for hydroxylation is 1. The number of benzene rings is 1. The third-order valence-corrected chi connectivity index (χ3v) is 4.63. The third-order valence-electron chi connectivity index (χ3n) is 3.26. The van der Waals surface area contributed by atoms with Crippen LogP contribution in [0.25, 0.3) is 10.4 Å². The number of methoxy groups -OCH3 is 1. The highest BCUT2D eigenvalue weighted by Gasteiger charge is 2.15. The molecule has 0 radical (unpaired) electrons. The zero-order valence-electron chi connectivity index (χ0n) is 12.7. The fraction of sp³-hybridized carbons (Fsp3) is 0.438. The van der Waals surface area contributed by atoms with Crippen molar-refractivity contribution in [2.24, 2.45) is 0 Å². The first kappa shape index (κ1) is 16.0. The average molecular weight is 323 g/mol. The molecule has 5 heteroatoms. The Bertz CT molecular complexity index is 646. The summed E-state index contributed by atoms with van der Waals surface area (Å²) in [5, 5.41) is 0. The Kier molecular flexibility index (Phi) is 5.82. The second-order valence-corrected chi connectivity index (χ2v) is 6.55. The van der Waals surface area contributed by atoms with Crippen molar-refractivity contribution in [2.75, 3.05) is 13.7 Å². The number of hydrogen-bond acceptors (Lipinski definition) is 4. The molecule has 1 N–H and O–H groups in total. The van der Waals surface area contributed by atoms with Crippen molar-refractivity contribution in [3.8, 4) is 21.9 Å². The number of hydrogen-bond donors (Lipinski definition) is 1. The molecule has 1 heterocycles.